The monoisotopic (exact) mass is 2360 g/mol. The first-order valence-corrected chi connectivity index (χ1v) is 49.9. The first-order valence-electron chi connectivity index (χ1n) is 45.9. The first kappa shape index (κ1) is 132. The van der Waals surface area contributed by atoms with Gasteiger partial charge in [0.25, 0.3) is 45.1 Å². The largest absolute Gasteiger partial charge is 0.508 e. The lowest BCUT2D eigenvalue weighted by molar-refractivity contribution is 0.0440. The molecular formula is C103H131BrCl3IN20O15S5. The molecule has 3 aliphatic rings. The summed E-state index contributed by atoms with van der Waals surface area (Å²) in [6.07, 6.45) is 17.4. The lowest BCUT2D eigenvalue weighted by Crippen LogP contribution is -2.30. The molecule has 0 radical (unpaired) electrons. The maximum absolute atomic E-state index is 12.3. The van der Waals surface area contributed by atoms with Crippen LogP contribution in [-0.4, -0.2) is 246 Å². The average Bonchev–Trinajstić information content (AvgIpc) is 1.64. The molecule has 798 valence electrons. The van der Waals surface area contributed by atoms with Crippen molar-refractivity contribution in [2.45, 2.75) is 116 Å². The maximum atomic E-state index is 12.3. The quantitative estimate of drug-likeness (QED) is 0.00164. The van der Waals surface area contributed by atoms with Gasteiger partial charge < -0.3 is 105 Å². The van der Waals surface area contributed by atoms with E-state index in [1.165, 1.54) is 39.1 Å². The van der Waals surface area contributed by atoms with E-state index in [0.29, 0.717) is 95.8 Å². The van der Waals surface area contributed by atoms with E-state index >= 15 is 0 Å². The van der Waals surface area contributed by atoms with Crippen LogP contribution in [0.5, 0.6) is 28.7 Å². The number of halogens is 5. The van der Waals surface area contributed by atoms with Crippen LogP contribution in [0.25, 0.3) is 0 Å². The third-order valence-corrected chi connectivity index (χ3v) is 23.7. The van der Waals surface area contributed by atoms with E-state index in [9.17, 15) is 43.5 Å². The van der Waals surface area contributed by atoms with Crippen LogP contribution in [0.4, 0.5) is 23.3 Å². The maximum Gasteiger partial charge on any atom is 0.346 e. The number of Topliss-reactive ketones (excluding diaryl/α,β-unsaturated/α-hetero) is 1. The zero-order valence-corrected chi connectivity index (χ0v) is 94.7. The number of aryl methyl sites for hydroxylation is 5. The van der Waals surface area contributed by atoms with Gasteiger partial charge >= 0.3 is 11.9 Å². The molecule has 0 atom stereocenters. The number of thiocarbonyl (C=S) groups is 4. The van der Waals surface area contributed by atoms with Crippen molar-refractivity contribution in [1.29, 1.82) is 10.8 Å². The molecule has 3 aliphatic heterocycles. The van der Waals surface area contributed by atoms with E-state index in [2.05, 4.69) is 60.1 Å². The fourth-order valence-electron chi connectivity index (χ4n) is 12.8. The standard InChI is InChI=1S/C21H27ClN6O2S.C21H22N2O3S.C18H17NO3.C13H20N2OS.C10H15NO.C8H4O3.C7H9ClN6OS.C3H6ClNS.CH5N.CH4O.BrH.HI/c1-28(2)21(31)30-15-10-8-13(9-11-15)6-4-3-5-7-14(23)12-16(29)17-19(24)27-20(25)18(22)26-17;1-22(2)21(27)26-16-12-10-15(11-13-16)7-5-6-14-23-19(24)17-8-3-4-9-18(17)20(23)25;20-14-10-8-13(9-11-14)5-3-4-12-19-17(21)15-6-1-2-7-16(15)18(19)22;1-15(2)13(17)16-12-8-6-11(7-9-12)5-3-4-10-14;11-8-2-1-3-9-4-6-10(12)7-5-9;9-7-5-3-1-2-4-6(5)8(10)11-7;1-16-7(11)14-6(15)2-4(9)13-5(10)3(8)12-2;1-5(2)3(4)6;2*1-2;;/h8-11,23H,3-7,12H2,1-2H3,(H4,24,25,27);3-4,8-13H,5-7,14H2,1-2H3;1-2,6-11,20H,3-5,12H2;6-9H,3-5,10,14H2,1-2H3;4-7,12H,1-3,8,11H2;1-4H;1H3,(H4,9,10,13)(H2,11,14,15);1-2H3;2H2,1H3;2H,1H3;2*1H. The van der Waals surface area contributed by atoms with Gasteiger partial charge in [-0.1, -0.05) is 150 Å². The molecule has 0 unspecified atom stereocenters. The number of aliphatic hydroxyl groups is 1. The highest BCUT2D eigenvalue weighted by atomic mass is 127. The number of ether oxygens (including phenoxy) is 4. The minimum atomic E-state index is -0.647. The third kappa shape index (κ3) is 46.7. The Bertz CT molecular complexity index is 5900. The predicted octanol–water partition coefficient (Wildman–Crippen LogP) is 17.1. The Balaban J connectivity index is 0.000000586. The molecule has 5 amide bonds. The number of unbranched alkanes of at least 4 members (excludes halogenated alkanes) is 6. The Morgan fingerprint density at radius 2 is 0.703 bits per heavy atom. The number of thioether (sulfide) groups is 1. The van der Waals surface area contributed by atoms with Crippen molar-refractivity contribution in [3.63, 3.8) is 0 Å². The fourth-order valence-corrected chi connectivity index (χ4v) is 13.6. The number of aromatic nitrogens is 4. The number of fused-ring (bicyclic) bond motifs is 3. The second-order valence-corrected chi connectivity index (χ2v) is 36.0. The van der Waals surface area contributed by atoms with Gasteiger partial charge in [-0.2, -0.15) is 0 Å². The van der Waals surface area contributed by atoms with Crippen molar-refractivity contribution >= 4 is 238 Å². The highest BCUT2D eigenvalue weighted by Gasteiger charge is 2.36. The number of amidine groups is 1. The number of hydrogen-bond donors (Lipinski definition) is 13. The Morgan fingerprint density at radius 3 is 0.993 bits per heavy atom. The molecule has 35 nitrogen and oxygen atoms in total. The summed E-state index contributed by atoms with van der Waals surface area (Å²) < 4.78 is 21.4. The summed E-state index contributed by atoms with van der Waals surface area (Å²) in [5, 5.41) is 43.9. The summed E-state index contributed by atoms with van der Waals surface area (Å²) in [5.74, 6) is -0.349. The minimum absolute atomic E-state index is 0. The summed E-state index contributed by atoms with van der Waals surface area (Å²) >= 11 is 37.6. The normalized spacial score (nSPS) is 11.1. The molecule has 13 rings (SSSR count). The smallest absolute Gasteiger partial charge is 0.346 e. The predicted molar refractivity (Wildman–Crippen MR) is 621 cm³/mol. The summed E-state index contributed by atoms with van der Waals surface area (Å²) in [4.78, 5) is 119. The molecule has 20 N–H and O–H groups in total. The lowest BCUT2D eigenvalue weighted by atomic mass is 10.0. The second-order valence-electron chi connectivity index (χ2n) is 32.5. The number of nitrogens with one attached hydrogen (secondary N) is 3. The zero-order chi connectivity index (χ0) is 109. The lowest BCUT2D eigenvalue weighted by Gasteiger charge is -2.14. The number of aromatic hydroxyl groups is 2. The van der Waals surface area contributed by atoms with Crippen molar-refractivity contribution < 1.29 is 72.6 Å². The van der Waals surface area contributed by atoms with E-state index in [4.69, 9.17) is 141 Å². The van der Waals surface area contributed by atoms with Gasteiger partial charge in [0.15, 0.2) is 60.4 Å². The molecule has 0 spiro atoms. The van der Waals surface area contributed by atoms with E-state index in [1.54, 1.807) is 137 Å². The number of nitrogens with two attached hydrogens (primary N) is 7. The number of nitrogens with zero attached hydrogens (tertiary/aromatic N) is 10. The third-order valence-electron chi connectivity index (χ3n) is 20.6. The number of benzene rings is 8. The van der Waals surface area contributed by atoms with Crippen molar-refractivity contribution in [1.82, 2.24) is 54.7 Å². The van der Waals surface area contributed by atoms with Crippen molar-refractivity contribution in [2.75, 3.05) is 126 Å². The Labute approximate surface area is 932 Å². The van der Waals surface area contributed by atoms with E-state index in [1.807, 2.05) is 127 Å². The number of phenols is 2. The van der Waals surface area contributed by atoms with Crippen molar-refractivity contribution in [3.8, 4) is 28.7 Å². The van der Waals surface area contributed by atoms with Gasteiger partial charge in [-0.15, -0.1) is 41.0 Å². The summed E-state index contributed by atoms with van der Waals surface area (Å²) in [6.45, 7) is 2.42. The van der Waals surface area contributed by atoms with Gasteiger partial charge in [0.1, 0.15) is 28.7 Å². The number of hydrogen-bond acceptors (Lipinski definition) is 33. The van der Waals surface area contributed by atoms with Gasteiger partial charge in [0.2, 0.25) is 0 Å². The van der Waals surface area contributed by atoms with Crippen molar-refractivity contribution in [2.24, 2.45) is 17.2 Å². The van der Waals surface area contributed by atoms with Crippen molar-refractivity contribution in [3.05, 3.63) is 277 Å². The average molecular weight is 2360 g/mol. The van der Waals surface area contributed by atoms with Gasteiger partial charge in [-0.3, -0.25) is 44.0 Å². The number of nitrogen functional groups attached to an aromatic ring is 4. The Kier molecular flexibility index (Phi) is 63.7. The molecule has 0 bridgehead atoms. The fraction of sp³-hybridized carbons (Fsp3) is 0.320. The molecule has 2 aromatic heterocycles. The number of anilines is 4. The number of esters is 2. The van der Waals surface area contributed by atoms with Gasteiger partial charge in [-0.25, -0.2) is 29.5 Å². The molecule has 0 fully saturated rings. The van der Waals surface area contributed by atoms with Crippen LogP contribution in [0.3, 0.4) is 0 Å². The van der Waals surface area contributed by atoms with Gasteiger partial charge in [-0.05, 0) is 303 Å². The molecular weight excluding hydrogens is 2230 g/mol. The summed E-state index contributed by atoms with van der Waals surface area (Å²) in [7, 11) is 17.2. The minimum Gasteiger partial charge on any atom is -0.508 e. The number of aliphatic hydroxyl groups excluding tert-OH is 1. The molecule has 5 heterocycles. The summed E-state index contributed by atoms with van der Waals surface area (Å²) in [6, 6.07) is 58.6. The van der Waals surface area contributed by atoms with Crippen LogP contribution in [0, 0.1) is 10.8 Å². The van der Waals surface area contributed by atoms with E-state index < -0.39 is 17.8 Å². The van der Waals surface area contributed by atoms with Gasteiger partial charge in [0, 0.05) is 82.3 Å². The topological polar surface area (TPSA) is 547 Å². The molecule has 45 heteroatoms. The number of carbonyl (C=O) groups excluding carboxylic acids is 8. The van der Waals surface area contributed by atoms with Crippen LogP contribution in [0.2, 0.25) is 10.3 Å². The second kappa shape index (κ2) is 71.5. The Morgan fingerprint density at radius 1 is 0.426 bits per heavy atom. The van der Waals surface area contributed by atoms with Crippen LogP contribution < -0.4 is 59.7 Å². The van der Waals surface area contributed by atoms with Gasteiger partial charge in [0.05, 0.1) is 39.8 Å². The van der Waals surface area contributed by atoms with Crippen LogP contribution in [0.15, 0.2) is 194 Å². The highest BCUT2D eigenvalue weighted by Crippen LogP contribution is 2.29. The molecule has 0 saturated heterocycles. The number of phenolic OH excluding ortho intramolecular Hbond substituents is 2. The number of imide groups is 2. The molecule has 0 saturated carbocycles. The highest BCUT2D eigenvalue weighted by molar-refractivity contribution is 14.0. The zero-order valence-electron chi connectivity index (χ0n) is 84.3. The molecule has 10 aromatic rings. The number of carbonyl (C=O) groups is 8. The number of cyclic esters (lactones) is 2. The van der Waals surface area contributed by atoms with E-state index in [-0.39, 0.29) is 133 Å². The first-order chi connectivity index (χ1) is 69.6. The SMILES string of the molecule is Br.CN.CN(C)C(=S)Cl.CN(C)C(=S)Oc1ccc(CCCCCC(=N)CC(=O)c2nc(Cl)c(N)nc2N)cc1.CN(C)C(=S)Oc1ccc(CCCCN)cc1.CN(C)C(=S)Oc1ccc(CCCCN2C(=O)c3ccccc3C2=O)cc1.CO.CSC(=N)NC(=O)c1nc(Cl)c(N)nc1N.I.NCCCCc1ccc(O)cc1.O=C1OC(=O)c2ccccc21.O=C1c2ccccc2C(=O)N1CCCCc1ccc(O)cc1. The number of amides is 5. The number of ketones is 1. The van der Waals surface area contributed by atoms with Crippen LogP contribution in [0.1, 0.15) is 194 Å². The van der Waals surface area contributed by atoms with Crippen LogP contribution >= 0.6 is 136 Å². The Hall–Kier alpha value is -12.2. The summed E-state index contributed by atoms with van der Waals surface area (Å²) in [5.41, 5.74) is 46.3. The molecule has 8 aromatic carbocycles. The molecule has 0 aliphatic carbocycles. The van der Waals surface area contributed by atoms with E-state index in [0.717, 1.165) is 146 Å². The number of rotatable bonds is 31. The van der Waals surface area contributed by atoms with Crippen LogP contribution in [-0.2, 0) is 36.8 Å². The molecule has 148 heavy (non-hydrogen) atoms.